The molecule has 0 aromatic heterocycles. The fraction of sp³-hybridized carbons (Fsp3) is 0.235. The summed E-state index contributed by atoms with van der Waals surface area (Å²) in [6.07, 6.45) is 0.402. The molecule has 0 aliphatic heterocycles. The maximum absolute atomic E-state index is 13.9. The van der Waals surface area contributed by atoms with Crippen LogP contribution in [0.25, 0.3) is 0 Å². The summed E-state index contributed by atoms with van der Waals surface area (Å²) in [5.41, 5.74) is -1.33. The first-order valence-electron chi connectivity index (χ1n) is 7.46. The minimum Gasteiger partial charge on any atom is -0.497 e. The van der Waals surface area contributed by atoms with Crippen LogP contribution in [-0.2, 0) is 6.42 Å². The molecule has 0 bridgehead atoms. The molecular formula is C17H15F3N2O4. The number of rotatable bonds is 6. The first kappa shape index (κ1) is 19.2. The van der Waals surface area contributed by atoms with Gasteiger partial charge in [0.05, 0.1) is 17.6 Å². The van der Waals surface area contributed by atoms with E-state index in [9.17, 15) is 28.1 Å². The number of benzene rings is 2. The molecule has 2 aromatic rings. The first-order valence-corrected chi connectivity index (χ1v) is 7.46. The zero-order valence-electron chi connectivity index (χ0n) is 14.0. The number of halogens is 3. The summed E-state index contributed by atoms with van der Waals surface area (Å²) in [7, 11) is 2.86. The molecule has 0 unspecified atom stereocenters. The Labute approximate surface area is 146 Å². The molecule has 2 rings (SSSR count). The van der Waals surface area contributed by atoms with Crippen LogP contribution >= 0.6 is 0 Å². The van der Waals surface area contributed by atoms with Gasteiger partial charge >= 0.3 is 5.69 Å². The topological polar surface area (TPSA) is 72.7 Å². The van der Waals surface area contributed by atoms with Gasteiger partial charge in [-0.25, -0.2) is 8.78 Å². The number of nitro benzene ring substituents is 1. The Hall–Kier alpha value is -3.10. The predicted octanol–water partition coefficient (Wildman–Crippen LogP) is 3.34. The highest BCUT2D eigenvalue weighted by Crippen LogP contribution is 2.26. The van der Waals surface area contributed by atoms with Gasteiger partial charge in [0.25, 0.3) is 5.91 Å². The van der Waals surface area contributed by atoms with Crippen molar-refractivity contribution in [3.05, 3.63) is 69.0 Å². The highest BCUT2D eigenvalue weighted by molar-refractivity contribution is 5.95. The van der Waals surface area contributed by atoms with E-state index in [1.807, 2.05) is 0 Å². The second-order valence-corrected chi connectivity index (χ2v) is 5.47. The smallest absolute Gasteiger partial charge is 0.308 e. The molecule has 6 nitrogen and oxygen atoms in total. The van der Waals surface area contributed by atoms with Crippen molar-refractivity contribution in [2.45, 2.75) is 6.42 Å². The van der Waals surface area contributed by atoms with Crippen LogP contribution in [0.15, 0.2) is 30.3 Å². The zero-order valence-corrected chi connectivity index (χ0v) is 14.0. The lowest BCUT2D eigenvalue weighted by Gasteiger charge is -2.18. The van der Waals surface area contributed by atoms with Crippen molar-refractivity contribution in [1.82, 2.24) is 4.90 Å². The number of nitro groups is 1. The van der Waals surface area contributed by atoms with Crippen LogP contribution in [-0.4, -0.2) is 36.4 Å². The predicted molar refractivity (Wildman–Crippen MR) is 86.6 cm³/mol. The molecule has 138 valence electrons. The van der Waals surface area contributed by atoms with Gasteiger partial charge < -0.3 is 9.64 Å². The van der Waals surface area contributed by atoms with Crippen LogP contribution in [0.1, 0.15) is 15.9 Å². The van der Waals surface area contributed by atoms with Crippen molar-refractivity contribution >= 4 is 11.6 Å². The molecule has 0 aliphatic carbocycles. The fourth-order valence-electron chi connectivity index (χ4n) is 2.28. The number of carbonyl (C=O) groups is 1. The van der Waals surface area contributed by atoms with Gasteiger partial charge in [0.15, 0.2) is 5.82 Å². The molecule has 0 fully saturated rings. The molecule has 26 heavy (non-hydrogen) atoms. The number of likely N-dealkylation sites (N-methyl/N-ethyl adjacent to an activating group) is 1. The van der Waals surface area contributed by atoms with E-state index in [0.717, 1.165) is 10.5 Å². The van der Waals surface area contributed by atoms with E-state index in [1.54, 1.807) is 24.3 Å². The number of amides is 1. The largest absolute Gasteiger partial charge is 0.497 e. The lowest BCUT2D eigenvalue weighted by Crippen LogP contribution is -2.30. The third kappa shape index (κ3) is 3.93. The van der Waals surface area contributed by atoms with Crippen LogP contribution in [0, 0.1) is 27.6 Å². The van der Waals surface area contributed by atoms with Crippen molar-refractivity contribution < 1.29 is 27.6 Å². The minimum absolute atomic E-state index is 0.136. The summed E-state index contributed by atoms with van der Waals surface area (Å²) < 4.78 is 45.8. The van der Waals surface area contributed by atoms with Gasteiger partial charge in [0, 0.05) is 19.7 Å². The van der Waals surface area contributed by atoms with E-state index < -0.39 is 39.5 Å². The lowest BCUT2D eigenvalue weighted by molar-refractivity contribution is -0.387. The van der Waals surface area contributed by atoms with Gasteiger partial charge in [0.1, 0.15) is 5.75 Å². The number of carbonyl (C=O) groups excluding carboxylic acids is 1. The van der Waals surface area contributed by atoms with Crippen LogP contribution in [0.4, 0.5) is 18.9 Å². The van der Waals surface area contributed by atoms with Crippen molar-refractivity contribution in [3.8, 4) is 5.75 Å². The van der Waals surface area contributed by atoms with Gasteiger partial charge in [-0.05, 0) is 24.1 Å². The Kier molecular flexibility index (Phi) is 5.81. The molecule has 9 heteroatoms. The van der Waals surface area contributed by atoms with E-state index in [-0.39, 0.29) is 6.54 Å². The zero-order chi connectivity index (χ0) is 19.4. The molecular weight excluding hydrogens is 353 g/mol. The quantitative estimate of drug-likeness (QED) is 0.445. The molecule has 2 aromatic carbocycles. The van der Waals surface area contributed by atoms with Crippen LogP contribution in [0.5, 0.6) is 5.75 Å². The second kappa shape index (κ2) is 7.85. The number of ether oxygens (including phenoxy) is 1. The van der Waals surface area contributed by atoms with E-state index >= 15 is 0 Å². The fourth-order valence-corrected chi connectivity index (χ4v) is 2.28. The number of methoxy groups -OCH3 is 1. The van der Waals surface area contributed by atoms with Gasteiger partial charge in [-0.15, -0.1) is 0 Å². The van der Waals surface area contributed by atoms with Gasteiger partial charge in [-0.1, -0.05) is 12.1 Å². The molecule has 0 radical (unpaired) electrons. The molecule has 0 aliphatic rings. The molecule has 0 saturated heterocycles. The third-order valence-electron chi connectivity index (χ3n) is 3.80. The highest BCUT2D eigenvalue weighted by Gasteiger charge is 2.29. The Bertz CT molecular complexity index is 841. The highest BCUT2D eigenvalue weighted by atomic mass is 19.2. The molecule has 0 saturated carbocycles. The third-order valence-corrected chi connectivity index (χ3v) is 3.80. The number of hydrogen-bond acceptors (Lipinski definition) is 4. The summed E-state index contributed by atoms with van der Waals surface area (Å²) in [5.74, 6) is -6.07. The Balaban J connectivity index is 2.18. The van der Waals surface area contributed by atoms with E-state index in [0.29, 0.717) is 18.2 Å². The molecule has 1 amide bonds. The van der Waals surface area contributed by atoms with Crippen molar-refractivity contribution in [2.24, 2.45) is 0 Å². The van der Waals surface area contributed by atoms with Gasteiger partial charge in [-0.2, -0.15) is 4.39 Å². The summed E-state index contributed by atoms with van der Waals surface area (Å²) in [5, 5.41) is 10.7. The van der Waals surface area contributed by atoms with Crippen molar-refractivity contribution in [3.63, 3.8) is 0 Å². The second-order valence-electron chi connectivity index (χ2n) is 5.47. The Morgan fingerprint density at radius 3 is 2.31 bits per heavy atom. The van der Waals surface area contributed by atoms with E-state index in [2.05, 4.69) is 0 Å². The molecule has 0 heterocycles. The van der Waals surface area contributed by atoms with Crippen molar-refractivity contribution in [2.75, 3.05) is 20.7 Å². The summed E-state index contributed by atoms with van der Waals surface area (Å²) in [4.78, 5) is 22.9. The normalized spacial score (nSPS) is 10.5. The number of hydrogen-bond donors (Lipinski definition) is 0. The van der Waals surface area contributed by atoms with E-state index in [1.165, 1.54) is 14.2 Å². The van der Waals surface area contributed by atoms with Crippen LogP contribution in [0.2, 0.25) is 0 Å². The van der Waals surface area contributed by atoms with Crippen LogP contribution < -0.4 is 4.74 Å². The average molecular weight is 368 g/mol. The molecule has 0 atom stereocenters. The van der Waals surface area contributed by atoms with Crippen LogP contribution in [0.3, 0.4) is 0 Å². The minimum atomic E-state index is -2.05. The summed E-state index contributed by atoms with van der Waals surface area (Å²) >= 11 is 0. The molecule has 0 spiro atoms. The lowest BCUT2D eigenvalue weighted by atomic mass is 10.1. The Morgan fingerprint density at radius 2 is 1.77 bits per heavy atom. The maximum Gasteiger partial charge on any atom is 0.308 e. The Morgan fingerprint density at radius 1 is 1.15 bits per heavy atom. The number of nitrogens with zero attached hydrogens (tertiary/aromatic N) is 2. The monoisotopic (exact) mass is 368 g/mol. The average Bonchev–Trinajstić information content (AvgIpc) is 2.64. The standard InChI is InChI=1S/C17H15F3N2O4/c1-21(8-7-10-3-5-11(26-2)6-4-10)17(23)12-9-13(22(24)25)15(19)16(20)14(12)18/h3-6,9H,7-8H2,1-2H3. The molecule has 0 N–H and O–H groups in total. The summed E-state index contributed by atoms with van der Waals surface area (Å²) in [6, 6.07) is 7.42. The van der Waals surface area contributed by atoms with Crippen molar-refractivity contribution in [1.29, 1.82) is 0 Å². The SMILES string of the molecule is COc1ccc(CCN(C)C(=O)c2cc([N+](=O)[O-])c(F)c(F)c2F)cc1. The van der Waals surface area contributed by atoms with Gasteiger partial charge in [0.2, 0.25) is 11.6 Å². The summed E-state index contributed by atoms with van der Waals surface area (Å²) in [6.45, 7) is 0.136. The van der Waals surface area contributed by atoms with Gasteiger partial charge in [-0.3, -0.25) is 14.9 Å². The van der Waals surface area contributed by atoms with E-state index in [4.69, 9.17) is 4.74 Å². The maximum atomic E-state index is 13.9. The first-order chi connectivity index (χ1) is 12.3.